The Morgan fingerprint density at radius 3 is 1.46 bits per heavy atom. The molecule has 0 aromatic heterocycles. The summed E-state index contributed by atoms with van der Waals surface area (Å²) >= 11 is -1.75. The molecule has 0 aliphatic heterocycles. The van der Waals surface area contributed by atoms with Gasteiger partial charge in [0, 0.05) is 0 Å². The zero-order chi connectivity index (χ0) is 32.1. The van der Waals surface area contributed by atoms with Gasteiger partial charge in [0.1, 0.15) is 10.6 Å². The lowest BCUT2D eigenvalue weighted by Gasteiger charge is -2.32. The Balaban J connectivity index is 1.26. The first-order valence-electron chi connectivity index (χ1n) is 18.4. The van der Waals surface area contributed by atoms with Crippen LogP contribution in [0.5, 0.6) is 5.75 Å². The first kappa shape index (κ1) is 31.6. The zero-order valence-electron chi connectivity index (χ0n) is 28.0. The van der Waals surface area contributed by atoms with Crippen LogP contribution in [0.25, 0.3) is 0 Å². The van der Waals surface area contributed by atoms with E-state index in [1.165, 1.54) is 93.7 Å². The fourth-order valence-corrected chi connectivity index (χ4v) is 13.9. The summed E-state index contributed by atoms with van der Waals surface area (Å²) in [5, 5.41) is 0. The van der Waals surface area contributed by atoms with Gasteiger partial charge in [0.15, 0.2) is 0 Å². The number of hydrogen-bond acceptors (Lipinski definition) is 4. The van der Waals surface area contributed by atoms with Crippen LogP contribution in [0.3, 0.4) is 0 Å². The van der Waals surface area contributed by atoms with Crippen molar-refractivity contribution >= 4 is 21.2 Å². The highest BCUT2D eigenvalue weighted by atomic mass is 32.2. The van der Waals surface area contributed by atoms with E-state index >= 15 is 0 Å². The third-order valence-electron chi connectivity index (χ3n) is 13.6. The molecular formula is C39H52O5S2. The molecule has 2 aromatic rings. The molecule has 46 heavy (non-hydrogen) atoms. The average Bonchev–Trinajstić information content (AvgIpc) is 3.87. The van der Waals surface area contributed by atoms with E-state index in [0.29, 0.717) is 46.5 Å². The van der Waals surface area contributed by atoms with Gasteiger partial charge < -0.3 is 4.18 Å². The molecule has 250 valence electrons. The predicted octanol–water partition coefficient (Wildman–Crippen LogP) is 9.99. The third kappa shape index (κ3) is 5.43. The van der Waals surface area contributed by atoms with Crippen molar-refractivity contribution in [3.63, 3.8) is 0 Å². The Labute approximate surface area is 279 Å². The molecule has 7 heteroatoms. The van der Waals surface area contributed by atoms with E-state index in [2.05, 4.69) is 12.1 Å². The quantitative estimate of drug-likeness (QED) is 0.270. The molecule has 6 aliphatic rings. The number of benzene rings is 2. The lowest BCUT2D eigenvalue weighted by molar-refractivity contribution is 0.395. The fourth-order valence-electron chi connectivity index (χ4n) is 11.5. The van der Waals surface area contributed by atoms with Gasteiger partial charge in [0.05, 0.1) is 4.90 Å². The molecule has 6 fully saturated rings. The summed E-state index contributed by atoms with van der Waals surface area (Å²) in [5.41, 5.74) is 5.16. The molecule has 6 bridgehead atoms. The molecule has 0 amide bonds. The molecule has 0 radical (unpaired) electrons. The Morgan fingerprint density at radius 2 is 1.11 bits per heavy atom. The first-order valence-corrected chi connectivity index (χ1v) is 20.9. The summed E-state index contributed by atoms with van der Waals surface area (Å²) in [6, 6.07) is 8.42. The van der Waals surface area contributed by atoms with E-state index < -0.39 is 21.2 Å². The van der Waals surface area contributed by atoms with Crippen molar-refractivity contribution in [2.45, 2.75) is 144 Å². The normalized spacial score (nSPS) is 35.2. The van der Waals surface area contributed by atoms with Crippen molar-refractivity contribution in [2.75, 3.05) is 0 Å². The van der Waals surface area contributed by atoms with Crippen molar-refractivity contribution < 1.29 is 21.4 Å². The maximum Gasteiger partial charge on any atom is 0.295 e. The van der Waals surface area contributed by atoms with E-state index in [1.807, 2.05) is 27.7 Å². The third-order valence-corrected chi connectivity index (χ3v) is 15.7. The van der Waals surface area contributed by atoms with Crippen molar-refractivity contribution in [1.29, 1.82) is 0 Å². The van der Waals surface area contributed by atoms with Gasteiger partial charge in [0.25, 0.3) is 10.1 Å². The summed E-state index contributed by atoms with van der Waals surface area (Å²) in [7, 11) is -4.45. The van der Waals surface area contributed by atoms with Gasteiger partial charge in [-0.15, -0.1) is 0 Å². The molecule has 1 N–H and O–H groups in total. The van der Waals surface area contributed by atoms with Crippen LogP contribution < -0.4 is 4.18 Å². The van der Waals surface area contributed by atoms with E-state index in [0.717, 1.165) is 28.6 Å². The van der Waals surface area contributed by atoms with Crippen LogP contribution in [0.1, 0.15) is 162 Å². The molecule has 6 aliphatic carbocycles. The van der Waals surface area contributed by atoms with E-state index in [-0.39, 0.29) is 16.7 Å². The van der Waals surface area contributed by atoms with Gasteiger partial charge in [0.2, 0.25) is 11.1 Å². The standard InChI is InChI=1S/C39H52O5S2/c1-21(2)31-19-30(20-32(22(3)4)39(31)46(41,42)43)44-45(40)38-36(34-15-24-6-9-27(34)12-24)17-29(33-14-23-5-8-26(33)11-23)18-37(38)35-16-25-7-10-28(35)13-25/h17-28,33-35H,5-16H2,1-4H3,(H,41,42,43). The van der Waals surface area contributed by atoms with E-state index in [4.69, 9.17) is 4.18 Å². The van der Waals surface area contributed by atoms with Crippen LogP contribution in [0.15, 0.2) is 34.1 Å². The second-order valence-corrected chi connectivity index (χ2v) is 19.3. The SMILES string of the molecule is CC(C)c1cc(OS(=O)c2c(C3CC4CCC3C4)cc(C3CC4CCC3C4)cc2C2CC3CCC2C3)cc(C(C)C)c1S(=O)(=O)O. The maximum atomic E-state index is 14.9. The zero-order valence-corrected chi connectivity index (χ0v) is 29.7. The van der Waals surface area contributed by atoms with Crippen LogP contribution in [-0.2, 0) is 21.2 Å². The molecule has 6 saturated carbocycles. The summed E-state index contributed by atoms with van der Waals surface area (Å²) in [6.45, 7) is 7.68. The lowest BCUT2D eigenvalue weighted by Crippen LogP contribution is -2.20. The second kappa shape index (κ2) is 11.7. The Hall–Kier alpha value is -1.70. The van der Waals surface area contributed by atoms with Gasteiger partial charge in [-0.1, -0.05) is 59.1 Å². The molecule has 10 unspecified atom stereocenters. The van der Waals surface area contributed by atoms with Gasteiger partial charge in [-0.3, -0.25) is 4.55 Å². The minimum absolute atomic E-state index is 0.0313. The molecule has 5 nitrogen and oxygen atoms in total. The van der Waals surface area contributed by atoms with E-state index in [9.17, 15) is 17.2 Å². The molecule has 10 atom stereocenters. The summed E-state index contributed by atoms with van der Waals surface area (Å²) < 4.78 is 56.9. The van der Waals surface area contributed by atoms with Crippen molar-refractivity contribution in [3.8, 4) is 5.75 Å². The highest BCUT2D eigenvalue weighted by Gasteiger charge is 2.47. The Morgan fingerprint density at radius 1 is 0.674 bits per heavy atom. The van der Waals surface area contributed by atoms with E-state index in [1.54, 1.807) is 12.1 Å². The van der Waals surface area contributed by atoms with Gasteiger partial charge in [-0.05, 0) is 163 Å². The second-order valence-electron chi connectivity index (χ2n) is 16.9. The highest BCUT2D eigenvalue weighted by molar-refractivity contribution is 7.86. The van der Waals surface area contributed by atoms with Gasteiger partial charge in [-0.25, -0.2) is 4.21 Å². The van der Waals surface area contributed by atoms with Crippen LogP contribution >= 0.6 is 0 Å². The smallest absolute Gasteiger partial charge is 0.295 e. The number of hydrogen-bond donors (Lipinski definition) is 1. The van der Waals surface area contributed by atoms with Crippen molar-refractivity contribution in [2.24, 2.45) is 35.5 Å². The maximum absolute atomic E-state index is 14.9. The van der Waals surface area contributed by atoms with Crippen LogP contribution in [-0.4, -0.2) is 17.2 Å². The highest BCUT2D eigenvalue weighted by Crippen LogP contribution is 2.59. The minimum Gasteiger partial charge on any atom is -0.397 e. The predicted molar refractivity (Wildman–Crippen MR) is 182 cm³/mol. The molecular weight excluding hydrogens is 613 g/mol. The van der Waals surface area contributed by atoms with Crippen LogP contribution in [0, 0.1) is 35.5 Å². The first-order chi connectivity index (χ1) is 21.9. The minimum atomic E-state index is -4.45. The molecule has 8 rings (SSSR count). The fraction of sp³-hybridized carbons (Fsp3) is 0.692. The number of fused-ring (bicyclic) bond motifs is 6. The average molecular weight is 665 g/mol. The lowest BCUT2D eigenvalue weighted by atomic mass is 9.75. The van der Waals surface area contributed by atoms with Gasteiger partial charge >= 0.3 is 0 Å². The number of rotatable bonds is 9. The van der Waals surface area contributed by atoms with Crippen LogP contribution in [0.4, 0.5) is 0 Å². The van der Waals surface area contributed by atoms with Crippen molar-refractivity contribution in [3.05, 3.63) is 52.1 Å². The monoisotopic (exact) mass is 664 g/mol. The molecule has 0 spiro atoms. The molecule has 0 saturated heterocycles. The van der Waals surface area contributed by atoms with Gasteiger partial charge in [-0.2, -0.15) is 8.42 Å². The largest absolute Gasteiger partial charge is 0.397 e. The Bertz CT molecular complexity index is 1580. The summed E-state index contributed by atoms with van der Waals surface area (Å²) in [5.74, 6) is 6.17. The summed E-state index contributed by atoms with van der Waals surface area (Å²) in [6.07, 6.45) is 15.6. The molecule has 2 aromatic carbocycles. The van der Waals surface area contributed by atoms with Crippen molar-refractivity contribution in [1.82, 2.24) is 0 Å². The Kier molecular flexibility index (Phi) is 8.04. The topological polar surface area (TPSA) is 80.7 Å². The molecule has 0 heterocycles. The summed E-state index contributed by atoms with van der Waals surface area (Å²) in [4.78, 5) is 0.911. The van der Waals surface area contributed by atoms with Crippen LogP contribution in [0.2, 0.25) is 0 Å².